The number of benzene rings is 2. The summed E-state index contributed by atoms with van der Waals surface area (Å²) in [5.41, 5.74) is 3.78. The monoisotopic (exact) mass is 378 g/mol. The Bertz CT molecular complexity index is 1200. The summed E-state index contributed by atoms with van der Waals surface area (Å²) >= 11 is 0. The number of hydrogen-bond acceptors (Lipinski definition) is 3. The maximum Gasteiger partial charge on any atom is 0.323 e. The van der Waals surface area contributed by atoms with Gasteiger partial charge in [0.05, 0.1) is 29.2 Å². The van der Waals surface area contributed by atoms with E-state index in [2.05, 4.69) is 15.3 Å². The van der Waals surface area contributed by atoms with Crippen LogP contribution in [0.5, 0.6) is 0 Å². The van der Waals surface area contributed by atoms with Gasteiger partial charge < -0.3 is 24.6 Å². The third-order valence-corrected chi connectivity index (χ3v) is 4.96. The zero-order valence-corrected chi connectivity index (χ0v) is 15.8. The Morgan fingerprint density at radius 1 is 1.18 bits per heavy atom. The normalized spacial score (nSPS) is 12.5. The highest BCUT2D eigenvalue weighted by Crippen LogP contribution is 2.23. The molecule has 0 radical (unpaired) electrons. The molecule has 4 aromatic rings. The zero-order chi connectivity index (χ0) is 19.7. The van der Waals surface area contributed by atoms with E-state index in [1.54, 1.807) is 7.11 Å². The van der Waals surface area contributed by atoms with Gasteiger partial charge >= 0.3 is 5.69 Å². The molecule has 0 bridgehead atoms. The first-order valence-corrected chi connectivity index (χ1v) is 9.16. The summed E-state index contributed by atoms with van der Waals surface area (Å²) in [7, 11) is 1.66. The van der Waals surface area contributed by atoms with Crippen molar-refractivity contribution < 1.29 is 9.53 Å². The molecule has 3 N–H and O–H groups in total. The highest BCUT2D eigenvalue weighted by atomic mass is 16.5. The second-order valence-electron chi connectivity index (χ2n) is 6.83. The fourth-order valence-corrected chi connectivity index (χ4v) is 3.48. The number of aromatic amines is 2. The molecule has 1 unspecified atom stereocenters. The summed E-state index contributed by atoms with van der Waals surface area (Å²) in [5, 5.41) is 3.97. The number of carbonyl (C=O) groups is 1. The minimum absolute atomic E-state index is 0.137. The van der Waals surface area contributed by atoms with E-state index in [0.29, 0.717) is 18.7 Å². The number of fused-ring (bicyclic) bond motifs is 2. The van der Waals surface area contributed by atoms with Crippen LogP contribution in [0.2, 0.25) is 0 Å². The van der Waals surface area contributed by atoms with Crippen LogP contribution in [0.4, 0.5) is 0 Å². The maximum absolute atomic E-state index is 13.0. The van der Waals surface area contributed by atoms with Gasteiger partial charge in [0.15, 0.2) is 0 Å². The zero-order valence-electron chi connectivity index (χ0n) is 15.8. The van der Waals surface area contributed by atoms with Crippen LogP contribution in [-0.4, -0.2) is 34.2 Å². The van der Waals surface area contributed by atoms with E-state index in [0.717, 1.165) is 27.5 Å². The van der Waals surface area contributed by atoms with E-state index in [1.807, 2.05) is 60.2 Å². The molecule has 0 saturated carbocycles. The van der Waals surface area contributed by atoms with Crippen molar-refractivity contribution in [2.45, 2.75) is 19.5 Å². The van der Waals surface area contributed by atoms with Crippen LogP contribution >= 0.6 is 0 Å². The number of imidazole rings is 1. The third-order valence-electron chi connectivity index (χ3n) is 4.96. The maximum atomic E-state index is 13.0. The van der Waals surface area contributed by atoms with Gasteiger partial charge in [0, 0.05) is 30.8 Å². The molecule has 7 nitrogen and oxygen atoms in total. The lowest BCUT2D eigenvalue weighted by Gasteiger charge is -2.14. The Kier molecular flexibility index (Phi) is 4.75. The molecule has 0 aliphatic rings. The van der Waals surface area contributed by atoms with Gasteiger partial charge in [-0.2, -0.15) is 0 Å². The number of nitrogens with zero attached hydrogens (tertiary/aromatic N) is 1. The molecule has 0 aliphatic heterocycles. The summed E-state index contributed by atoms with van der Waals surface area (Å²) in [6.45, 7) is 3.18. The van der Waals surface area contributed by atoms with Crippen molar-refractivity contribution in [3.8, 4) is 0 Å². The van der Waals surface area contributed by atoms with Gasteiger partial charge in [0.25, 0.3) is 5.91 Å². The van der Waals surface area contributed by atoms with E-state index >= 15 is 0 Å². The Morgan fingerprint density at radius 3 is 2.79 bits per heavy atom. The van der Waals surface area contributed by atoms with E-state index in [1.165, 1.54) is 0 Å². The minimum Gasteiger partial charge on any atom is -0.383 e. The van der Waals surface area contributed by atoms with Crippen molar-refractivity contribution >= 4 is 27.8 Å². The molecule has 28 heavy (non-hydrogen) atoms. The van der Waals surface area contributed by atoms with Crippen molar-refractivity contribution in [1.82, 2.24) is 19.9 Å². The van der Waals surface area contributed by atoms with Gasteiger partial charge in [-0.25, -0.2) is 4.79 Å². The highest BCUT2D eigenvalue weighted by Gasteiger charge is 2.17. The second-order valence-corrected chi connectivity index (χ2v) is 6.83. The molecule has 0 aliphatic carbocycles. The van der Waals surface area contributed by atoms with E-state index in [4.69, 9.17) is 4.74 Å². The first kappa shape index (κ1) is 18.1. The second kappa shape index (κ2) is 7.36. The third kappa shape index (κ3) is 3.32. The van der Waals surface area contributed by atoms with Crippen molar-refractivity contribution in [2.24, 2.45) is 0 Å². The summed E-state index contributed by atoms with van der Waals surface area (Å²) in [5.74, 6) is -0.137. The Hall–Kier alpha value is -3.32. The van der Waals surface area contributed by atoms with Gasteiger partial charge in [0.1, 0.15) is 0 Å². The predicted octanol–water partition coefficient (Wildman–Crippen LogP) is 2.95. The summed E-state index contributed by atoms with van der Waals surface area (Å²) in [6.07, 6.45) is 1.87. The number of rotatable bonds is 6. The molecular formula is C21H22N4O3. The van der Waals surface area contributed by atoms with Gasteiger partial charge in [-0.3, -0.25) is 4.79 Å². The first-order valence-electron chi connectivity index (χ1n) is 9.16. The number of H-pyrrole nitrogens is 2. The molecule has 0 fully saturated rings. The quantitative estimate of drug-likeness (QED) is 0.482. The van der Waals surface area contributed by atoms with Gasteiger partial charge in [-0.15, -0.1) is 0 Å². The number of hydrogen-bond donors (Lipinski definition) is 3. The topological polar surface area (TPSA) is 91.9 Å². The number of amides is 1. The van der Waals surface area contributed by atoms with Crippen molar-refractivity contribution in [1.29, 1.82) is 0 Å². The smallest absolute Gasteiger partial charge is 0.323 e. The molecule has 144 valence electrons. The van der Waals surface area contributed by atoms with Crippen LogP contribution in [0.25, 0.3) is 21.9 Å². The summed E-state index contributed by atoms with van der Waals surface area (Å²) in [6, 6.07) is 13.2. The van der Waals surface area contributed by atoms with Gasteiger partial charge in [0.2, 0.25) is 0 Å². The molecule has 4 rings (SSSR count). The molecule has 7 heteroatoms. The lowest BCUT2D eigenvalue weighted by atomic mass is 10.1. The Morgan fingerprint density at radius 2 is 1.96 bits per heavy atom. The standard InChI is InChI=1S/C21H22N4O3/c1-13(14-7-8-17-18(11-14)24-21(27)23-17)22-20(26)16-12-25(9-10-28-2)19-6-4-3-5-15(16)19/h3-8,11-13H,9-10H2,1-2H3,(H,22,26)(H2,23,24,27). The molecule has 2 heterocycles. The average molecular weight is 378 g/mol. The number of carbonyl (C=O) groups excluding carboxylic acids is 1. The molecule has 0 saturated heterocycles. The minimum atomic E-state index is -0.243. The number of para-hydroxylation sites is 1. The van der Waals surface area contributed by atoms with E-state index in [9.17, 15) is 9.59 Å². The Labute approximate surface area is 161 Å². The largest absolute Gasteiger partial charge is 0.383 e. The highest BCUT2D eigenvalue weighted by molar-refractivity contribution is 6.07. The molecule has 0 spiro atoms. The average Bonchev–Trinajstić information content (AvgIpc) is 3.25. The fourth-order valence-electron chi connectivity index (χ4n) is 3.48. The molecular weight excluding hydrogens is 356 g/mol. The van der Waals surface area contributed by atoms with E-state index in [-0.39, 0.29) is 17.6 Å². The number of nitrogens with one attached hydrogen (secondary N) is 3. The van der Waals surface area contributed by atoms with Crippen molar-refractivity contribution in [3.63, 3.8) is 0 Å². The van der Waals surface area contributed by atoms with Gasteiger partial charge in [-0.1, -0.05) is 24.3 Å². The lowest BCUT2D eigenvalue weighted by molar-refractivity contribution is 0.0941. The number of methoxy groups -OCH3 is 1. The van der Waals surface area contributed by atoms with Crippen LogP contribution in [0.3, 0.4) is 0 Å². The van der Waals surface area contributed by atoms with Crippen LogP contribution < -0.4 is 11.0 Å². The van der Waals surface area contributed by atoms with Gasteiger partial charge in [-0.05, 0) is 30.7 Å². The number of ether oxygens (including phenoxy) is 1. The van der Waals surface area contributed by atoms with Crippen LogP contribution in [0.15, 0.2) is 53.5 Å². The van der Waals surface area contributed by atoms with Crippen molar-refractivity contribution in [2.75, 3.05) is 13.7 Å². The van der Waals surface area contributed by atoms with Crippen LogP contribution in [0, 0.1) is 0 Å². The number of aromatic nitrogens is 3. The fraction of sp³-hybridized carbons (Fsp3) is 0.238. The molecule has 1 amide bonds. The molecule has 1 atom stereocenters. The van der Waals surface area contributed by atoms with E-state index < -0.39 is 0 Å². The molecule has 2 aromatic heterocycles. The molecule has 2 aromatic carbocycles. The SMILES string of the molecule is COCCn1cc(C(=O)NC(C)c2ccc3[nH]c(=O)[nH]c3c2)c2ccccc21. The predicted molar refractivity (Wildman–Crippen MR) is 109 cm³/mol. The summed E-state index contributed by atoms with van der Waals surface area (Å²) < 4.78 is 7.21. The lowest BCUT2D eigenvalue weighted by Crippen LogP contribution is -2.26. The Balaban J connectivity index is 1.61. The van der Waals surface area contributed by atoms with Crippen molar-refractivity contribution in [3.05, 3.63) is 70.3 Å². The van der Waals surface area contributed by atoms with Crippen LogP contribution in [0.1, 0.15) is 28.9 Å². The first-order chi connectivity index (χ1) is 13.6. The van der Waals surface area contributed by atoms with Crippen LogP contribution in [-0.2, 0) is 11.3 Å². The summed E-state index contributed by atoms with van der Waals surface area (Å²) in [4.78, 5) is 29.9.